The van der Waals surface area contributed by atoms with E-state index in [0.717, 1.165) is 5.82 Å². The maximum Gasteiger partial charge on any atom is 0.257 e. The van der Waals surface area contributed by atoms with Gasteiger partial charge in [0.15, 0.2) is 0 Å². The van der Waals surface area contributed by atoms with Gasteiger partial charge in [-0.2, -0.15) is 0 Å². The Bertz CT molecular complexity index is 878. The summed E-state index contributed by atoms with van der Waals surface area (Å²) in [5.74, 6) is 0.493. The van der Waals surface area contributed by atoms with E-state index in [1.807, 2.05) is 24.3 Å². The molecule has 25 heavy (non-hydrogen) atoms. The van der Waals surface area contributed by atoms with Crippen molar-refractivity contribution < 1.29 is 4.79 Å². The number of hydrogen-bond acceptors (Lipinski definition) is 3. The number of aryl methyl sites for hydroxylation is 1. The summed E-state index contributed by atoms with van der Waals surface area (Å²) in [6.45, 7) is 2.78. The Kier molecular flexibility index (Phi) is 5.31. The van der Waals surface area contributed by atoms with Crippen molar-refractivity contribution in [1.29, 1.82) is 0 Å². The van der Waals surface area contributed by atoms with Gasteiger partial charge < -0.3 is 10.6 Å². The number of rotatable bonds is 5. The van der Waals surface area contributed by atoms with Crippen LogP contribution in [0.5, 0.6) is 0 Å². The number of benzene rings is 2. The predicted molar refractivity (Wildman–Crippen MR) is 102 cm³/mol. The van der Waals surface area contributed by atoms with Gasteiger partial charge in [0, 0.05) is 6.54 Å². The zero-order valence-electron chi connectivity index (χ0n) is 13.8. The van der Waals surface area contributed by atoms with Crippen LogP contribution in [0.3, 0.4) is 0 Å². The average molecular weight is 352 g/mol. The molecule has 3 aromatic rings. The van der Waals surface area contributed by atoms with Crippen molar-refractivity contribution in [3.63, 3.8) is 0 Å². The number of amides is 1. The lowest BCUT2D eigenvalue weighted by Crippen LogP contribution is -2.12. The van der Waals surface area contributed by atoms with E-state index < -0.39 is 0 Å². The summed E-state index contributed by atoms with van der Waals surface area (Å²) >= 11 is 6.04. The molecule has 5 heteroatoms. The zero-order chi connectivity index (χ0) is 17.6. The SMILES string of the molecule is Cc1ccccc1CNc1ccc(NC(=O)c2ccccc2Cl)cn1. The summed E-state index contributed by atoms with van der Waals surface area (Å²) < 4.78 is 0. The van der Waals surface area contributed by atoms with Crippen LogP contribution in [0, 0.1) is 6.92 Å². The monoisotopic (exact) mass is 351 g/mol. The van der Waals surface area contributed by atoms with Gasteiger partial charge in [0.25, 0.3) is 5.91 Å². The first-order valence-corrected chi connectivity index (χ1v) is 8.31. The Morgan fingerprint density at radius 1 is 1.04 bits per heavy atom. The van der Waals surface area contributed by atoms with Crippen molar-refractivity contribution in [2.45, 2.75) is 13.5 Å². The van der Waals surface area contributed by atoms with Crippen molar-refractivity contribution in [1.82, 2.24) is 4.98 Å². The summed E-state index contributed by atoms with van der Waals surface area (Å²) in [7, 11) is 0. The second-order valence-electron chi connectivity index (χ2n) is 5.65. The van der Waals surface area contributed by atoms with Crippen LogP contribution in [0.4, 0.5) is 11.5 Å². The summed E-state index contributed by atoms with van der Waals surface area (Å²) in [5, 5.41) is 6.49. The molecule has 0 aliphatic carbocycles. The molecule has 0 spiro atoms. The number of hydrogen-bond donors (Lipinski definition) is 2. The molecule has 3 rings (SSSR count). The van der Waals surface area contributed by atoms with Gasteiger partial charge in [-0.1, -0.05) is 48.0 Å². The molecule has 0 unspecified atom stereocenters. The number of carbonyl (C=O) groups is 1. The van der Waals surface area contributed by atoms with E-state index in [2.05, 4.69) is 34.7 Å². The normalized spacial score (nSPS) is 10.3. The van der Waals surface area contributed by atoms with Crippen LogP contribution < -0.4 is 10.6 Å². The number of pyridine rings is 1. The molecule has 0 saturated carbocycles. The van der Waals surface area contributed by atoms with Crippen LogP contribution in [-0.2, 0) is 6.54 Å². The molecule has 0 radical (unpaired) electrons. The van der Waals surface area contributed by atoms with Gasteiger partial charge in [-0.15, -0.1) is 0 Å². The highest BCUT2D eigenvalue weighted by atomic mass is 35.5. The standard InChI is InChI=1S/C20H18ClN3O/c1-14-6-2-3-7-15(14)12-22-19-11-10-16(13-23-19)24-20(25)17-8-4-5-9-18(17)21/h2-11,13H,12H2,1H3,(H,22,23)(H,24,25). The quantitative estimate of drug-likeness (QED) is 0.686. The number of nitrogens with zero attached hydrogens (tertiary/aromatic N) is 1. The Hall–Kier alpha value is -2.85. The molecule has 0 saturated heterocycles. The molecule has 4 nitrogen and oxygen atoms in total. The number of nitrogens with one attached hydrogen (secondary N) is 2. The van der Waals surface area contributed by atoms with E-state index >= 15 is 0 Å². The third-order valence-electron chi connectivity index (χ3n) is 3.86. The molecule has 0 atom stereocenters. The molecular weight excluding hydrogens is 334 g/mol. The minimum Gasteiger partial charge on any atom is -0.366 e. The highest BCUT2D eigenvalue weighted by Crippen LogP contribution is 2.18. The van der Waals surface area contributed by atoms with Crippen molar-refractivity contribution in [2.24, 2.45) is 0 Å². The van der Waals surface area contributed by atoms with Crippen LogP contribution in [0.2, 0.25) is 5.02 Å². The first kappa shape index (κ1) is 17.0. The van der Waals surface area contributed by atoms with Crippen LogP contribution in [0.1, 0.15) is 21.5 Å². The minimum atomic E-state index is -0.256. The molecule has 1 aromatic heterocycles. The number of carbonyl (C=O) groups excluding carboxylic acids is 1. The lowest BCUT2D eigenvalue weighted by Gasteiger charge is -2.10. The summed E-state index contributed by atoms with van der Waals surface area (Å²) in [5.41, 5.74) is 3.51. The topological polar surface area (TPSA) is 54.0 Å². The van der Waals surface area contributed by atoms with E-state index in [1.54, 1.807) is 30.5 Å². The first-order chi connectivity index (χ1) is 12.1. The third-order valence-corrected chi connectivity index (χ3v) is 4.19. The van der Waals surface area contributed by atoms with Crippen LogP contribution in [0.25, 0.3) is 0 Å². The van der Waals surface area contributed by atoms with E-state index in [-0.39, 0.29) is 5.91 Å². The Morgan fingerprint density at radius 3 is 2.52 bits per heavy atom. The van der Waals surface area contributed by atoms with Gasteiger partial charge in [0.05, 0.1) is 22.5 Å². The Balaban J connectivity index is 1.62. The van der Waals surface area contributed by atoms with Crippen LogP contribution in [-0.4, -0.2) is 10.9 Å². The fourth-order valence-electron chi connectivity index (χ4n) is 2.41. The molecule has 0 fully saturated rings. The lowest BCUT2D eigenvalue weighted by molar-refractivity contribution is 0.102. The van der Waals surface area contributed by atoms with Crippen molar-refractivity contribution in [3.8, 4) is 0 Å². The molecule has 0 aliphatic rings. The predicted octanol–water partition coefficient (Wildman–Crippen LogP) is 4.91. The average Bonchev–Trinajstić information content (AvgIpc) is 2.62. The zero-order valence-corrected chi connectivity index (χ0v) is 14.5. The van der Waals surface area contributed by atoms with Gasteiger partial charge in [0.2, 0.25) is 0 Å². The molecule has 1 amide bonds. The van der Waals surface area contributed by atoms with Crippen LogP contribution >= 0.6 is 11.6 Å². The highest BCUT2D eigenvalue weighted by Gasteiger charge is 2.09. The Labute approximate surface area is 151 Å². The molecule has 0 aliphatic heterocycles. The van der Waals surface area contributed by atoms with E-state index in [0.29, 0.717) is 22.8 Å². The van der Waals surface area contributed by atoms with Gasteiger partial charge in [0.1, 0.15) is 5.82 Å². The summed E-state index contributed by atoms with van der Waals surface area (Å²) in [4.78, 5) is 16.6. The van der Waals surface area contributed by atoms with Crippen molar-refractivity contribution in [3.05, 3.63) is 88.6 Å². The maximum absolute atomic E-state index is 12.2. The second kappa shape index (κ2) is 7.81. The molecule has 1 heterocycles. The minimum absolute atomic E-state index is 0.256. The Morgan fingerprint density at radius 2 is 1.80 bits per heavy atom. The van der Waals surface area contributed by atoms with Gasteiger partial charge >= 0.3 is 0 Å². The van der Waals surface area contributed by atoms with Crippen LogP contribution in [0.15, 0.2) is 66.9 Å². The molecule has 2 N–H and O–H groups in total. The second-order valence-corrected chi connectivity index (χ2v) is 6.05. The van der Waals surface area contributed by atoms with E-state index in [4.69, 9.17) is 11.6 Å². The van der Waals surface area contributed by atoms with E-state index in [9.17, 15) is 4.79 Å². The largest absolute Gasteiger partial charge is 0.366 e. The van der Waals surface area contributed by atoms with Gasteiger partial charge in [-0.25, -0.2) is 4.98 Å². The lowest BCUT2D eigenvalue weighted by atomic mass is 10.1. The van der Waals surface area contributed by atoms with Crippen molar-refractivity contribution >= 4 is 29.0 Å². The molecule has 126 valence electrons. The number of aromatic nitrogens is 1. The fraction of sp³-hybridized carbons (Fsp3) is 0.100. The number of anilines is 2. The fourth-order valence-corrected chi connectivity index (χ4v) is 2.63. The smallest absolute Gasteiger partial charge is 0.257 e. The van der Waals surface area contributed by atoms with Crippen molar-refractivity contribution in [2.75, 3.05) is 10.6 Å². The molecule has 0 bridgehead atoms. The number of halogens is 1. The summed E-state index contributed by atoms with van der Waals surface area (Å²) in [6.07, 6.45) is 1.62. The van der Waals surface area contributed by atoms with Gasteiger partial charge in [-0.3, -0.25) is 4.79 Å². The first-order valence-electron chi connectivity index (χ1n) is 7.94. The van der Waals surface area contributed by atoms with E-state index in [1.165, 1.54) is 11.1 Å². The third kappa shape index (κ3) is 4.37. The summed E-state index contributed by atoms with van der Waals surface area (Å²) in [6, 6.07) is 18.8. The van der Waals surface area contributed by atoms with Gasteiger partial charge in [-0.05, 0) is 42.3 Å². The maximum atomic E-state index is 12.2. The molecule has 2 aromatic carbocycles. The molecular formula is C20H18ClN3O. The highest BCUT2D eigenvalue weighted by molar-refractivity contribution is 6.34.